The second-order valence-corrected chi connectivity index (χ2v) is 4.56. The molecule has 1 atom stereocenters. The third-order valence-electron chi connectivity index (χ3n) is 3.30. The predicted molar refractivity (Wildman–Crippen MR) is 75.8 cm³/mol. The van der Waals surface area contributed by atoms with Crippen molar-refractivity contribution in [2.45, 2.75) is 19.5 Å². The van der Waals surface area contributed by atoms with E-state index >= 15 is 0 Å². The minimum atomic E-state index is 0.144. The number of nitrogens with zero attached hydrogens (tertiary/aromatic N) is 3. The van der Waals surface area contributed by atoms with Crippen LogP contribution in [0.25, 0.3) is 0 Å². The van der Waals surface area contributed by atoms with E-state index in [4.69, 9.17) is 9.47 Å². The first kappa shape index (κ1) is 14.3. The van der Waals surface area contributed by atoms with Crippen molar-refractivity contribution in [3.8, 4) is 11.5 Å². The van der Waals surface area contributed by atoms with Crippen LogP contribution in [-0.2, 0) is 13.6 Å². The van der Waals surface area contributed by atoms with E-state index in [1.54, 1.807) is 25.1 Å². The Morgan fingerprint density at radius 3 is 2.70 bits per heavy atom. The summed E-state index contributed by atoms with van der Waals surface area (Å²) >= 11 is 0. The Kier molecular flexibility index (Phi) is 4.57. The zero-order valence-corrected chi connectivity index (χ0v) is 12.3. The lowest BCUT2D eigenvalue weighted by molar-refractivity contribution is 0.385. The maximum absolute atomic E-state index is 5.42. The van der Waals surface area contributed by atoms with E-state index in [2.05, 4.69) is 22.6 Å². The van der Waals surface area contributed by atoms with E-state index < -0.39 is 0 Å². The van der Waals surface area contributed by atoms with Crippen molar-refractivity contribution < 1.29 is 9.47 Å². The molecule has 0 aliphatic heterocycles. The van der Waals surface area contributed by atoms with Gasteiger partial charge in [0.2, 0.25) is 0 Å². The SMILES string of the molecule is COc1ccc(C(C)NCc2cnnn2C)c(OC)c1. The van der Waals surface area contributed by atoms with Gasteiger partial charge in [0.15, 0.2) is 0 Å². The number of hydrogen-bond donors (Lipinski definition) is 1. The summed E-state index contributed by atoms with van der Waals surface area (Å²) in [6.45, 7) is 2.79. The molecule has 0 aliphatic carbocycles. The summed E-state index contributed by atoms with van der Waals surface area (Å²) in [5.41, 5.74) is 2.12. The van der Waals surface area contributed by atoms with Crippen molar-refractivity contribution >= 4 is 0 Å². The third kappa shape index (κ3) is 3.08. The standard InChI is InChI=1S/C14H20N4O2/c1-10(15-8-11-9-16-17-18(11)2)13-6-5-12(19-3)7-14(13)20-4/h5-7,9-10,15H,8H2,1-4H3. The number of hydrogen-bond acceptors (Lipinski definition) is 5. The molecule has 1 N–H and O–H groups in total. The molecule has 20 heavy (non-hydrogen) atoms. The van der Waals surface area contributed by atoms with Gasteiger partial charge in [-0.25, -0.2) is 0 Å². The summed E-state index contributed by atoms with van der Waals surface area (Å²) in [5, 5.41) is 11.2. The number of aromatic nitrogens is 3. The Morgan fingerprint density at radius 2 is 2.10 bits per heavy atom. The van der Waals surface area contributed by atoms with Crippen LogP contribution in [0.3, 0.4) is 0 Å². The lowest BCUT2D eigenvalue weighted by atomic mass is 10.1. The molecule has 0 radical (unpaired) electrons. The summed E-state index contributed by atoms with van der Waals surface area (Å²) in [5.74, 6) is 1.60. The normalized spacial score (nSPS) is 12.2. The number of ether oxygens (including phenoxy) is 2. The molecule has 0 aliphatic rings. The Balaban J connectivity index is 2.08. The maximum atomic E-state index is 5.42. The Bertz CT molecular complexity index is 568. The van der Waals surface area contributed by atoms with Crippen molar-refractivity contribution in [1.82, 2.24) is 20.3 Å². The van der Waals surface area contributed by atoms with Crippen molar-refractivity contribution in [1.29, 1.82) is 0 Å². The van der Waals surface area contributed by atoms with Gasteiger partial charge in [0, 0.05) is 31.3 Å². The largest absolute Gasteiger partial charge is 0.497 e. The molecule has 108 valence electrons. The topological polar surface area (TPSA) is 61.2 Å². The number of benzene rings is 1. The van der Waals surface area contributed by atoms with Gasteiger partial charge in [-0.3, -0.25) is 4.68 Å². The van der Waals surface area contributed by atoms with E-state index in [1.165, 1.54) is 0 Å². The quantitative estimate of drug-likeness (QED) is 0.870. The molecular formula is C14H20N4O2. The fraction of sp³-hybridized carbons (Fsp3) is 0.429. The lowest BCUT2D eigenvalue weighted by Crippen LogP contribution is -2.20. The first-order chi connectivity index (χ1) is 9.65. The summed E-state index contributed by atoms with van der Waals surface area (Å²) in [7, 11) is 5.18. The van der Waals surface area contributed by atoms with Crippen LogP contribution in [0.15, 0.2) is 24.4 Å². The molecule has 6 nitrogen and oxygen atoms in total. The van der Waals surface area contributed by atoms with Crippen molar-refractivity contribution in [3.63, 3.8) is 0 Å². The molecule has 0 amide bonds. The Labute approximate surface area is 118 Å². The van der Waals surface area contributed by atoms with Crippen molar-refractivity contribution in [3.05, 3.63) is 35.7 Å². The number of rotatable bonds is 6. The predicted octanol–water partition coefficient (Wildman–Crippen LogP) is 1.68. The molecule has 2 aromatic rings. The molecule has 0 spiro atoms. The summed E-state index contributed by atoms with van der Waals surface area (Å²) in [4.78, 5) is 0. The highest BCUT2D eigenvalue weighted by Crippen LogP contribution is 2.29. The molecular weight excluding hydrogens is 256 g/mol. The van der Waals surface area contributed by atoms with Gasteiger partial charge in [0.1, 0.15) is 11.5 Å². The van der Waals surface area contributed by atoms with E-state index in [9.17, 15) is 0 Å². The second kappa shape index (κ2) is 6.38. The summed E-state index contributed by atoms with van der Waals surface area (Å²) < 4.78 is 12.4. The monoisotopic (exact) mass is 276 g/mol. The molecule has 0 fully saturated rings. The Hall–Kier alpha value is -2.08. The number of methoxy groups -OCH3 is 2. The van der Waals surface area contributed by atoms with Crippen LogP contribution < -0.4 is 14.8 Å². The fourth-order valence-corrected chi connectivity index (χ4v) is 2.01. The lowest BCUT2D eigenvalue weighted by Gasteiger charge is -2.18. The fourth-order valence-electron chi connectivity index (χ4n) is 2.01. The number of nitrogens with one attached hydrogen (secondary N) is 1. The summed E-state index contributed by atoms with van der Waals surface area (Å²) in [6, 6.07) is 5.98. The van der Waals surface area contributed by atoms with Crippen LogP contribution >= 0.6 is 0 Å². The minimum absolute atomic E-state index is 0.144. The molecule has 0 bridgehead atoms. The first-order valence-electron chi connectivity index (χ1n) is 6.44. The van der Waals surface area contributed by atoms with Crippen LogP contribution in [0, 0.1) is 0 Å². The number of aryl methyl sites for hydroxylation is 1. The highest BCUT2D eigenvalue weighted by molar-refractivity contribution is 5.42. The smallest absolute Gasteiger partial charge is 0.127 e. The van der Waals surface area contributed by atoms with Crippen LogP contribution in [0.2, 0.25) is 0 Å². The van der Waals surface area contributed by atoms with E-state index in [-0.39, 0.29) is 6.04 Å². The highest BCUT2D eigenvalue weighted by Gasteiger charge is 2.12. The van der Waals surface area contributed by atoms with Crippen molar-refractivity contribution in [2.75, 3.05) is 14.2 Å². The molecule has 2 rings (SSSR count). The maximum Gasteiger partial charge on any atom is 0.127 e. The zero-order chi connectivity index (χ0) is 14.5. The van der Waals surface area contributed by atoms with E-state index in [0.29, 0.717) is 6.54 Å². The highest BCUT2D eigenvalue weighted by atomic mass is 16.5. The van der Waals surface area contributed by atoms with Gasteiger partial charge in [-0.05, 0) is 13.0 Å². The average molecular weight is 276 g/mol. The van der Waals surface area contributed by atoms with Crippen LogP contribution in [-0.4, -0.2) is 29.2 Å². The van der Waals surface area contributed by atoms with Crippen LogP contribution in [0.4, 0.5) is 0 Å². The van der Waals surface area contributed by atoms with Gasteiger partial charge in [0.25, 0.3) is 0 Å². The zero-order valence-electron chi connectivity index (χ0n) is 12.3. The molecule has 0 saturated carbocycles. The van der Waals surface area contributed by atoms with Crippen LogP contribution in [0.1, 0.15) is 24.2 Å². The Morgan fingerprint density at radius 1 is 1.30 bits per heavy atom. The molecule has 1 unspecified atom stereocenters. The van der Waals surface area contributed by atoms with Gasteiger partial charge in [-0.1, -0.05) is 11.3 Å². The van der Waals surface area contributed by atoms with Gasteiger partial charge in [-0.2, -0.15) is 0 Å². The van der Waals surface area contributed by atoms with E-state index in [0.717, 1.165) is 22.8 Å². The van der Waals surface area contributed by atoms with Gasteiger partial charge in [-0.15, -0.1) is 5.10 Å². The molecule has 1 aromatic carbocycles. The van der Waals surface area contributed by atoms with Gasteiger partial charge in [0.05, 0.1) is 26.1 Å². The first-order valence-corrected chi connectivity index (χ1v) is 6.44. The van der Waals surface area contributed by atoms with Crippen molar-refractivity contribution in [2.24, 2.45) is 7.05 Å². The van der Waals surface area contributed by atoms with Crippen LogP contribution in [0.5, 0.6) is 11.5 Å². The molecule has 6 heteroatoms. The van der Waals surface area contributed by atoms with Gasteiger partial charge >= 0.3 is 0 Å². The average Bonchev–Trinajstić information content (AvgIpc) is 2.89. The van der Waals surface area contributed by atoms with Gasteiger partial charge < -0.3 is 14.8 Å². The third-order valence-corrected chi connectivity index (χ3v) is 3.30. The molecule has 1 heterocycles. The van der Waals surface area contributed by atoms with E-state index in [1.807, 2.05) is 25.2 Å². The summed E-state index contributed by atoms with van der Waals surface area (Å²) in [6.07, 6.45) is 1.75. The molecule has 1 aromatic heterocycles. The second-order valence-electron chi connectivity index (χ2n) is 4.56. The molecule has 0 saturated heterocycles. The minimum Gasteiger partial charge on any atom is -0.497 e.